The Labute approximate surface area is 191 Å². The Morgan fingerprint density at radius 2 is 1.61 bits per heavy atom. The van der Waals surface area contributed by atoms with Gasteiger partial charge in [0.1, 0.15) is 11.6 Å². The van der Waals surface area contributed by atoms with Crippen LogP contribution >= 0.6 is 0 Å². The summed E-state index contributed by atoms with van der Waals surface area (Å²) in [6.07, 6.45) is 4.79. The van der Waals surface area contributed by atoms with Gasteiger partial charge in [0.2, 0.25) is 0 Å². The van der Waals surface area contributed by atoms with Gasteiger partial charge in [0.05, 0.1) is 28.4 Å². The van der Waals surface area contributed by atoms with Crippen molar-refractivity contribution in [3.8, 4) is 22.4 Å². The van der Waals surface area contributed by atoms with E-state index < -0.39 is 0 Å². The van der Waals surface area contributed by atoms with Gasteiger partial charge in [-0.3, -0.25) is 4.98 Å². The van der Waals surface area contributed by atoms with Gasteiger partial charge in [-0.15, -0.1) is 0 Å². The summed E-state index contributed by atoms with van der Waals surface area (Å²) in [5.74, 6) is 2.35. The average Bonchev–Trinajstić information content (AvgIpc) is 3.51. The summed E-state index contributed by atoms with van der Waals surface area (Å²) in [7, 11) is 0. The predicted octanol–water partition coefficient (Wildman–Crippen LogP) is 7.14. The normalized spacial score (nSPS) is 12.7. The Bertz CT molecular complexity index is 1620. The molecule has 0 saturated heterocycles. The molecule has 3 aromatic heterocycles. The predicted molar refractivity (Wildman–Crippen MR) is 135 cm³/mol. The number of aryl methyl sites for hydroxylation is 1. The van der Waals surface area contributed by atoms with Gasteiger partial charge in [0, 0.05) is 28.3 Å². The van der Waals surface area contributed by atoms with Gasteiger partial charge in [-0.2, -0.15) is 0 Å². The van der Waals surface area contributed by atoms with Crippen molar-refractivity contribution in [1.29, 1.82) is 0 Å². The monoisotopic (exact) mass is 431 g/mol. The van der Waals surface area contributed by atoms with Gasteiger partial charge in [-0.1, -0.05) is 50.2 Å². The van der Waals surface area contributed by atoms with E-state index in [1.807, 2.05) is 25.4 Å². The molecule has 0 amide bonds. The number of fused-ring (bicyclic) bond motifs is 6. The second-order valence-electron chi connectivity index (χ2n) is 8.77. The summed E-state index contributed by atoms with van der Waals surface area (Å²) in [6, 6.07) is 19.4. The van der Waals surface area contributed by atoms with Crippen LogP contribution in [0.2, 0.25) is 0 Å². The van der Waals surface area contributed by atoms with Crippen LogP contribution in [0.15, 0.2) is 67.0 Å². The van der Waals surface area contributed by atoms with Crippen molar-refractivity contribution in [1.82, 2.24) is 24.9 Å². The molecule has 162 valence electrons. The second kappa shape index (κ2) is 7.55. The molecule has 5 nitrogen and oxygen atoms in total. The molecule has 0 saturated carbocycles. The summed E-state index contributed by atoms with van der Waals surface area (Å²) in [5, 5.41) is 3.39. The van der Waals surface area contributed by atoms with Gasteiger partial charge in [0.25, 0.3) is 0 Å². The fourth-order valence-electron chi connectivity index (χ4n) is 4.57. The van der Waals surface area contributed by atoms with Crippen molar-refractivity contribution in [3.05, 3.63) is 78.6 Å². The summed E-state index contributed by atoms with van der Waals surface area (Å²) < 4.78 is 0. The van der Waals surface area contributed by atoms with Gasteiger partial charge in [0.15, 0.2) is 0 Å². The molecule has 6 aromatic rings. The van der Waals surface area contributed by atoms with Crippen molar-refractivity contribution < 1.29 is 0 Å². The van der Waals surface area contributed by atoms with E-state index in [2.05, 4.69) is 77.3 Å². The molecule has 0 aliphatic rings. The molecule has 5 heteroatoms. The van der Waals surface area contributed by atoms with E-state index in [0.717, 1.165) is 62.0 Å². The minimum absolute atomic E-state index is 0.385. The van der Waals surface area contributed by atoms with Crippen molar-refractivity contribution in [3.63, 3.8) is 0 Å². The van der Waals surface area contributed by atoms with Crippen LogP contribution in [-0.2, 0) is 0 Å². The lowest BCUT2D eigenvalue weighted by molar-refractivity contribution is 0.692. The first-order chi connectivity index (χ1) is 16.1. The van der Waals surface area contributed by atoms with Crippen molar-refractivity contribution in [2.24, 2.45) is 0 Å². The zero-order valence-corrected chi connectivity index (χ0v) is 19.0. The van der Waals surface area contributed by atoms with E-state index in [-0.39, 0.29) is 0 Å². The summed E-state index contributed by atoms with van der Waals surface area (Å²) in [6.45, 7) is 6.38. The van der Waals surface area contributed by atoms with Crippen LogP contribution in [0.5, 0.6) is 0 Å². The van der Waals surface area contributed by atoms with Crippen LogP contribution < -0.4 is 0 Å². The molecule has 3 heterocycles. The van der Waals surface area contributed by atoms with Crippen molar-refractivity contribution >= 4 is 32.7 Å². The lowest BCUT2D eigenvalue weighted by Gasteiger charge is -2.09. The quantitative estimate of drug-likeness (QED) is 0.291. The van der Waals surface area contributed by atoms with Crippen LogP contribution in [0.3, 0.4) is 0 Å². The molecule has 0 aliphatic carbocycles. The lowest BCUT2D eigenvalue weighted by atomic mass is 9.97. The molecule has 33 heavy (non-hydrogen) atoms. The highest BCUT2D eigenvalue weighted by atomic mass is 14.9. The highest BCUT2D eigenvalue weighted by Gasteiger charge is 2.16. The lowest BCUT2D eigenvalue weighted by Crippen LogP contribution is -1.93. The molecule has 0 bridgehead atoms. The number of rotatable bonds is 4. The summed E-state index contributed by atoms with van der Waals surface area (Å²) in [5.41, 5.74) is 7.60. The van der Waals surface area contributed by atoms with E-state index >= 15 is 0 Å². The molecular weight excluding hydrogens is 406 g/mol. The zero-order chi connectivity index (χ0) is 22.5. The molecule has 0 spiro atoms. The Kier molecular flexibility index (Phi) is 4.50. The summed E-state index contributed by atoms with van der Waals surface area (Å²) in [4.78, 5) is 21.0. The number of imidazole rings is 2. The highest BCUT2D eigenvalue weighted by molar-refractivity contribution is 6.22. The largest absolute Gasteiger partial charge is 0.342 e. The van der Waals surface area contributed by atoms with Crippen LogP contribution in [0.1, 0.15) is 37.8 Å². The maximum absolute atomic E-state index is 4.98. The highest BCUT2D eigenvalue weighted by Crippen LogP contribution is 2.36. The number of pyridine rings is 1. The molecule has 6 rings (SSSR count). The first-order valence-corrected chi connectivity index (χ1v) is 11.4. The van der Waals surface area contributed by atoms with Crippen molar-refractivity contribution in [2.75, 3.05) is 0 Å². The Morgan fingerprint density at radius 1 is 0.818 bits per heavy atom. The van der Waals surface area contributed by atoms with Gasteiger partial charge < -0.3 is 9.97 Å². The number of hydrogen-bond donors (Lipinski definition) is 2. The maximum atomic E-state index is 4.98. The minimum Gasteiger partial charge on any atom is -0.342 e. The smallest absolute Gasteiger partial charge is 0.110 e. The maximum Gasteiger partial charge on any atom is 0.110 e. The third-order valence-corrected chi connectivity index (χ3v) is 6.64. The number of H-pyrrole nitrogens is 2. The topological polar surface area (TPSA) is 70.2 Å². The zero-order valence-electron chi connectivity index (χ0n) is 19.0. The molecule has 2 N–H and O–H groups in total. The van der Waals surface area contributed by atoms with Gasteiger partial charge in [-0.25, -0.2) is 9.97 Å². The second-order valence-corrected chi connectivity index (χ2v) is 8.77. The van der Waals surface area contributed by atoms with Gasteiger partial charge in [-0.05, 0) is 48.2 Å². The van der Waals surface area contributed by atoms with E-state index in [0.29, 0.717) is 5.92 Å². The first kappa shape index (κ1) is 19.7. The van der Waals surface area contributed by atoms with Crippen LogP contribution in [0, 0.1) is 6.92 Å². The SMILES string of the molecule is CCC(C)c1nc2c3cccnc3c3cc(-c4ccc(-c5cnc(C)[nH]5)cc4)ccc3c2[nH]1. The first-order valence-electron chi connectivity index (χ1n) is 11.4. The third kappa shape index (κ3) is 3.20. The minimum atomic E-state index is 0.385. The molecule has 1 atom stereocenters. The molecule has 0 aliphatic heterocycles. The van der Waals surface area contributed by atoms with E-state index in [4.69, 9.17) is 9.97 Å². The molecule has 0 radical (unpaired) electrons. The van der Waals surface area contributed by atoms with Crippen LogP contribution in [0.4, 0.5) is 0 Å². The van der Waals surface area contributed by atoms with Crippen LogP contribution in [-0.4, -0.2) is 24.9 Å². The number of nitrogens with zero attached hydrogens (tertiary/aromatic N) is 3. The number of benzene rings is 3. The molecule has 1 unspecified atom stereocenters. The number of hydrogen-bond acceptors (Lipinski definition) is 3. The van der Waals surface area contributed by atoms with E-state index in [9.17, 15) is 0 Å². The molecular formula is C28H25N5. The van der Waals surface area contributed by atoms with E-state index in [1.165, 1.54) is 11.1 Å². The summed E-state index contributed by atoms with van der Waals surface area (Å²) >= 11 is 0. The molecule has 3 aromatic carbocycles. The Morgan fingerprint density at radius 3 is 2.36 bits per heavy atom. The average molecular weight is 432 g/mol. The van der Waals surface area contributed by atoms with Crippen molar-refractivity contribution in [2.45, 2.75) is 33.1 Å². The standard InChI is InChI=1S/C28H25N5/c1-4-16(2)28-32-26-21-12-11-20(14-23(21)25-22(27(26)33-28)6-5-13-29-25)18-7-9-19(10-8-18)24-15-30-17(3)31-24/h5-16H,4H2,1-3H3,(H,30,31)(H,32,33). The fourth-order valence-corrected chi connectivity index (χ4v) is 4.57. The third-order valence-electron chi connectivity index (χ3n) is 6.64. The fraction of sp³-hybridized carbons (Fsp3) is 0.179. The number of aromatic nitrogens is 5. The number of aromatic amines is 2. The van der Waals surface area contributed by atoms with E-state index in [1.54, 1.807) is 0 Å². The number of nitrogens with one attached hydrogen (secondary N) is 2. The molecule has 0 fully saturated rings. The van der Waals surface area contributed by atoms with Crippen LogP contribution in [0.25, 0.3) is 55.1 Å². The Hall–Kier alpha value is -3.99. The van der Waals surface area contributed by atoms with Gasteiger partial charge >= 0.3 is 0 Å². The Balaban J connectivity index is 1.53.